The minimum absolute atomic E-state index is 0.0950. The van der Waals surface area contributed by atoms with Crippen molar-refractivity contribution in [2.45, 2.75) is 63.1 Å². The van der Waals surface area contributed by atoms with Gasteiger partial charge in [-0.2, -0.15) is 0 Å². The van der Waals surface area contributed by atoms with E-state index < -0.39 is 5.91 Å². The quantitative estimate of drug-likeness (QED) is 0.817. The van der Waals surface area contributed by atoms with E-state index in [1.54, 1.807) is 10.6 Å². The fourth-order valence-electron chi connectivity index (χ4n) is 6.80. The zero-order valence-corrected chi connectivity index (χ0v) is 17.4. The van der Waals surface area contributed by atoms with Crippen LogP contribution < -0.4 is 10.9 Å². The number of para-hydroxylation sites is 1. The van der Waals surface area contributed by atoms with E-state index in [0.29, 0.717) is 29.5 Å². The first kappa shape index (κ1) is 18.4. The van der Waals surface area contributed by atoms with Crippen LogP contribution in [-0.2, 0) is 0 Å². The highest BCUT2D eigenvalue weighted by atomic mass is 16.3. The van der Waals surface area contributed by atoms with Crippen LogP contribution in [0.25, 0.3) is 10.9 Å². The third-order valence-corrected chi connectivity index (χ3v) is 8.27. The molecule has 3 heterocycles. The normalized spacial score (nSPS) is 32.6. The van der Waals surface area contributed by atoms with Gasteiger partial charge in [-0.3, -0.25) is 9.59 Å². The molecular weight excluding hydrogens is 378 g/mol. The molecule has 5 fully saturated rings. The Morgan fingerprint density at radius 3 is 2.53 bits per heavy atom. The van der Waals surface area contributed by atoms with Gasteiger partial charge in [-0.15, -0.1) is 0 Å². The molecule has 158 valence electrons. The average molecular weight is 408 g/mol. The van der Waals surface area contributed by atoms with Crippen LogP contribution in [0.2, 0.25) is 0 Å². The number of nitrogens with one attached hydrogen (secondary N) is 1. The largest absolute Gasteiger partial charge is 0.506 e. The van der Waals surface area contributed by atoms with Gasteiger partial charge in [-0.25, -0.2) is 0 Å². The van der Waals surface area contributed by atoms with Crippen LogP contribution in [0.1, 0.15) is 61.3 Å². The zero-order valence-electron chi connectivity index (χ0n) is 17.4. The van der Waals surface area contributed by atoms with Crippen molar-refractivity contribution >= 4 is 16.8 Å². The minimum atomic E-state index is -0.429. The molecule has 0 spiro atoms. The van der Waals surface area contributed by atoms with E-state index >= 15 is 0 Å². The van der Waals surface area contributed by atoms with Crippen LogP contribution in [0.5, 0.6) is 5.75 Å². The Morgan fingerprint density at radius 1 is 1.13 bits per heavy atom. The molecule has 3 saturated carbocycles. The van der Waals surface area contributed by atoms with E-state index in [-0.39, 0.29) is 28.3 Å². The Labute approximate surface area is 175 Å². The van der Waals surface area contributed by atoms with Gasteiger partial charge in [0.1, 0.15) is 11.3 Å². The Balaban J connectivity index is 1.31. The Hall–Kier alpha value is -2.34. The number of fused-ring (bicyclic) bond motifs is 1. The van der Waals surface area contributed by atoms with E-state index in [4.69, 9.17) is 0 Å². The van der Waals surface area contributed by atoms with Crippen molar-refractivity contribution < 1.29 is 9.90 Å². The monoisotopic (exact) mass is 407 g/mol. The van der Waals surface area contributed by atoms with Crippen molar-refractivity contribution in [3.63, 3.8) is 0 Å². The first-order valence-corrected chi connectivity index (χ1v) is 11.3. The fraction of sp³-hybridized carbons (Fsp3) is 0.583. The highest BCUT2D eigenvalue weighted by Crippen LogP contribution is 2.55. The highest BCUT2D eigenvalue weighted by molar-refractivity contribution is 6.02. The molecule has 2 aromatic rings. The molecule has 6 nitrogen and oxygen atoms in total. The van der Waals surface area contributed by atoms with Gasteiger partial charge in [0.15, 0.2) is 0 Å². The molecule has 1 amide bonds. The summed E-state index contributed by atoms with van der Waals surface area (Å²) in [4.78, 5) is 29.0. The molecule has 7 rings (SSSR count). The van der Waals surface area contributed by atoms with E-state index in [0.717, 1.165) is 31.6 Å². The third-order valence-electron chi connectivity index (χ3n) is 8.27. The van der Waals surface area contributed by atoms with Gasteiger partial charge in [-0.05, 0) is 75.5 Å². The second-order valence-corrected chi connectivity index (χ2v) is 10.3. The number of hydrogen-bond donors (Lipinski definition) is 2. The smallest absolute Gasteiger partial charge is 0.267 e. The maximum atomic E-state index is 13.2. The van der Waals surface area contributed by atoms with Crippen molar-refractivity contribution in [3.8, 4) is 5.75 Å². The van der Waals surface area contributed by atoms with Crippen LogP contribution in [0.3, 0.4) is 0 Å². The number of amides is 1. The van der Waals surface area contributed by atoms with Gasteiger partial charge in [0, 0.05) is 30.1 Å². The van der Waals surface area contributed by atoms with E-state index in [1.807, 2.05) is 18.2 Å². The maximum absolute atomic E-state index is 13.2. The molecule has 30 heavy (non-hydrogen) atoms. The molecule has 6 heteroatoms. The van der Waals surface area contributed by atoms with Crippen molar-refractivity contribution in [1.29, 1.82) is 0 Å². The predicted molar refractivity (Wildman–Crippen MR) is 115 cm³/mol. The average Bonchev–Trinajstić information content (AvgIpc) is 3.55. The van der Waals surface area contributed by atoms with Gasteiger partial charge in [0.25, 0.3) is 11.5 Å². The number of piperidine rings is 2. The first-order chi connectivity index (χ1) is 14.5. The number of rotatable bonds is 4. The van der Waals surface area contributed by atoms with E-state index in [1.165, 1.54) is 19.3 Å². The van der Waals surface area contributed by atoms with Gasteiger partial charge >= 0.3 is 0 Å². The maximum Gasteiger partial charge on any atom is 0.267 e. The highest BCUT2D eigenvalue weighted by Gasteiger charge is 2.53. The third kappa shape index (κ3) is 2.66. The topological polar surface area (TPSA) is 74.6 Å². The molecule has 2 aliphatic heterocycles. The molecule has 5 aliphatic rings. The number of pyridine rings is 1. The molecule has 1 aromatic heterocycles. The lowest BCUT2D eigenvalue weighted by atomic mass is 9.55. The second kappa shape index (κ2) is 6.33. The Morgan fingerprint density at radius 2 is 1.83 bits per heavy atom. The van der Waals surface area contributed by atoms with E-state index in [2.05, 4.69) is 17.3 Å². The number of hydrogen-bond acceptors (Lipinski definition) is 4. The molecule has 0 radical (unpaired) electrons. The van der Waals surface area contributed by atoms with Crippen molar-refractivity contribution in [1.82, 2.24) is 14.8 Å². The summed E-state index contributed by atoms with van der Waals surface area (Å²) in [5.74, 6) is 0.147. The SMILES string of the molecule is CN1C2CC3CC1CC(CNC(=O)c1c(O)c4ccccc4n(C4CC4)c1=O)(C3)C2. The number of carbonyl (C=O) groups is 1. The molecular formula is C24H29N3O3. The molecule has 4 bridgehead atoms. The van der Waals surface area contributed by atoms with Crippen LogP contribution in [-0.4, -0.2) is 46.2 Å². The summed E-state index contributed by atoms with van der Waals surface area (Å²) in [7, 11) is 2.24. The molecule has 2 unspecified atom stereocenters. The van der Waals surface area contributed by atoms with Crippen molar-refractivity contribution in [2.24, 2.45) is 11.3 Å². The van der Waals surface area contributed by atoms with E-state index in [9.17, 15) is 14.7 Å². The van der Waals surface area contributed by atoms with Gasteiger partial charge in [-0.1, -0.05) is 12.1 Å². The van der Waals surface area contributed by atoms with Crippen molar-refractivity contribution in [2.75, 3.05) is 13.6 Å². The van der Waals surface area contributed by atoms with Crippen LogP contribution >= 0.6 is 0 Å². The predicted octanol–water partition coefficient (Wildman–Crippen LogP) is 3.03. The van der Waals surface area contributed by atoms with Gasteiger partial charge in [0.05, 0.1) is 5.52 Å². The van der Waals surface area contributed by atoms with Crippen LogP contribution in [0, 0.1) is 11.3 Å². The summed E-state index contributed by atoms with van der Waals surface area (Å²) in [6, 6.07) is 8.70. The minimum Gasteiger partial charge on any atom is -0.506 e. The first-order valence-electron chi connectivity index (χ1n) is 11.3. The lowest BCUT2D eigenvalue weighted by Crippen LogP contribution is -2.62. The zero-order chi connectivity index (χ0) is 20.6. The lowest BCUT2D eigenvalue weighted by molar-refractivity contribution is -0.0941. The number of benzene rings is 1. The summed E-state index contributed by atoms with van der Waals surface area (Å²) in [6.07, 6.45) is 7.84. The number of aromatic nitrogens is 1. The van der Waals surface area contributed by atoms with Crippen LogP contribution in [0.4, 0.5) is 0 Å². The van der Waals surface area contributed by atoms with Gasteiger partial charge in [0.2, 0.25) is 0 Å². The molecule has 2 atom stereocenters. The lowest BCUT2D eigenvalue weighted by Gasteiger charge is -2.61. The van der Waals surface area contributed by atoms with Crippen LogP contribution in [0.15, 0.2) is 29.1 Å². The fourth-order valence-corrected chi connectivity index (χ4v) is 6.80. The summed E-state index contributed by atoms with van der Waals surface area (Å²) in [5, 5.41) is 14.5. The summed E-state index contributed by atoms with van der Waals surface area (Å²) >= 11 is 0. The molecule has 2 N–H and O–H groups in total. The second-order valence-electron chi connectivity index (χ2n) is 10.3. The number of nitrogens with zero attached hydrogens (tertiary/aromatic N) is 2. The van der Waals surface area contributed by atoms with Crippen molar-refractivity contribution in [3.05, 3.63) is 40.2 Å². The Kier molecular flexibility index (Phi) is 3.89. The molecule has 3 aliphatic carbocycles. The number of carbonyl (C=O) groups excluding carboxylic acids is 1. The number of aromatic hydroxyl groups is 1. The summed E-state index contributed by atoms with van der Waals surface area (Å²) in [5.41, 5.74) is 0.391. The molecule has 2 saturated heterocycles. The summed E-state index contributed by atoms with van der Waals surface area (Å²) < 4.78 is 1.71. The Bertz CT molecular complexity index is 1090. The molecule has 1 aromatic carbocycles. The van der Waals surface area contributed by atoms with Gasteiger partial charge < -0.3 is 19.9 Å². The summed E-state index contributed by atoms with van der Waals surface area (Å²) in [6.45, 7) is 0.596. The standard InChI is InChI=1S/C24H29N3O3/c1-26-16-8-14-9-17(26)12-24(10-14,11-16)13-25-22(29)20-21(28)18-4-2-3-5-19(18)27(23(20)30)15-6-7-15/h2-5,14-17,28H,6-13H2,1H3,(H,25,29).